The van der Waals surface area contributed by atoms with Crippen LogP contribution < -0.4 is 0 Å². The summed E-state index contributed by atoms with van der Waals surface area (Å²) >= 11 is 2.98. The monoisotopic (exact) mass is 488 g/mol. The molecule has 154 valence electrons. The van der Waals surface area contributed by atoms with Gasteiger partial charge in [0.25, 0.3) is 0 Å². The molecular weight excluding hydrogens is 472 g/mol. The van der Waals surface area contributed by atoms with Crippen LogP contribution in [0.1, 0.15) is 42.4 Å². The lowest BCUT2D eigenvalue weighted by Gasteiger charge is -2.14. The lowest BCUT2D eigenvalue weighted by Crippen LogP contribution is -2.06. The first-order chi connectivity index (χ1) is 13.5. The molecule has 2 aliphatic rings. The zero-order valence-corrected chi connectivity index (χ0v) is 17.6. The lowest BCUT2D eigenvalue weighted by molar-refractivity contribution is -0.138. The third kappa shape index (κ3) is 3.89. The first-order valence-electron chi connectivity index (χ1n) is 9.03. The number of benzene rings is 2. The van der Waals surface area contributed by atoms with Gasteiger partial charge in [0.05, 0.1) is 10.5 Å². The van der Waals surface area contributed by atoms with Crippen LogP contribution >= 0.6 is 15.9 Å². The first kappa shape index (κ1) is 20.6. The van der Waals surface area contributed by atoms with Gasteiger partial charge in [0, 0.05) is 4.47 Å². The fourth-order valence-electron chi connectivity index (χ4n) is 3.97. The second kappa shape index (κ2) is 6.94. The van der Waals surface area contributed by atoms with Crippen molar-refractivity contribution in [2.45, 2.75) is 36.8 Å². The van der Waals surface area contributed by atoms with Gasteiger partial charge in [-0.05, 0) is 77.6 Å². The Morgan fingerprint density at radius 2 is 1.48 bits per heavy atom. The zero-order valence-electron chi connectivity index (χ0n) is 15.2. The molecule has 0 N–H and O–H groups in total. The molecule has 8 heteroatoms. The Morgan fingerprint density at radius 3 is 2.00 bits per heavy atom. The Morgan fingerprint density at radius 1 is 0.931 bits per heavy atom. The van der Waals surface area contributed by atoms with Gasteiger partial charge in [0.2, 0.25) is 9.84 Å². The van der Waals surface area contributed by atoms with Crippen LogP contribution in [0.15, 0.2) is 51.8 Å². The molecule has 0 radical (unpaired) electrons. The summed E-state index contributed by atoms with van der Waals surface area (Å²) in [6.45, 7) is 0. The number of allylic oxidation sites excluding steroid dienone is 2. The summed E-state index contributed by atoms with van der Waals surface area (Å²) in [5.41, 5.74) is 2.46. The second-order valence-corrected chi connectivity index (χ2v) is 10.5. The van der Waals surface area contributed by atoms with E-state index in [0.717, 1.165) is 36.0 Å². The summed E-state index contributed by atoms with van der Waals surface area (Å²) in [4.78, 5) is -0.104. The molecule has 4 rings (SSSR count). The third-order valence-electron chi connectivity index (χ3n) is 5.75. The molecule has 0 saturated heterocycles. The van der Waals surface area contributed by atoms with Crippen molar-refractivity contribution in [3.05, 3.63) is 63.6 Å². The molecule has 1 fully saturated rings. The predicted octanol–water partition coefficient (Wildman–Crippen LogP) is 6.65. The molecule has 0 atom stereocenters. The Hall–Kier alpha value is -1.67. The van der Waals surface area contributed by atoms with Gasteiger partial charge < -0.3 is 0 Å². The van der Waals surface area contributed by atoms with E-state index in [0.29, 0.717) is 12.0 Å². The minimum absolute atomic E-state index is 0.00388. The van der Waals surface area contributed by atoms with Gasteiger partial charge in [0.15, 0.2) is 6.01 Å². The minimum atomic E-state index is -4.46. The van der Waals surface area contributed by atoms with Gasteiger partial charge in [-0.2, -0.15) is 13.2 Å². The largest absolute Gasteiger partial charge is 0.417 e. The summed E-state index contributed by atoms with van der Waals surface area (Å²) in [7, 11) is -3.95. The quantitative estimate of drug-likeness (QED) is 0.451. The molecule has 0 aliphatic heterocycles. The van der Waals surface area contributed by atoms with Gasteiger partial charge in [0.1, 0.15) is 0 Å². The van der Waals surface area contributed by atoms with Crippen molar-refractivity contribution >= 4 is 36.9 Å². The Bertz CT molecular complexity index is 1100. The maximum Gasteiger partial charge on any atom is 0.417 e. The third-order valence-corrected chi connectivity index (χ3v) is 7.72. The van der Waals surface area contributed by atoms with Crippen molar-refractivity contribution in [3.63, 3.8) is 0 Å². The molecule has 2 nitrogen and oxygen atoms in total. The van der Waals surface area contributed by atoms with E-state index >= 15 is 0 Å². The summed E-state index contributed by atoms with van der Waals surface area (Å²) in [5.74, 6) is 0. The topological polar surface area (TPSA) is 34.1 Å². The van der Waals surface area contributed by atoms with Crippen molar-refractivity contribution in [1.82, 2.24) is 0 Å². The van der Waals surface area contributed by atoms with E-state index < -0.39 is 27.6 Å². The van der Waals surface area contributed by atoms with Crippen molar-refractivity contribution in [2.75, 3.05) is 6.01 Å². The zero-order chi connectivity index (χ0) is 21.0. The second-order valence-electron chi connectivity index (χ2n) is 7.75. The number of hydrogen-bond acceptors (Lipinski definition) is 2. The van der Waals surface area contributed by atoms with E-state index in [2.05, 4.69) is 15.9 Å². The van der Waals surface area contributed by atoms with Crippen molar-refractivity contribution in [2.24, 2.45) is 5.41 Å². The maximum absolute atomic E-state index is 13.4. The first-order valence-corrected chi connectivity index (χ1v) is 11.5. The van der Waals surface area contributed by atoms with Gasteiger partial charge in [-0.3, -0.25) is 0 Å². The average Bonchev–Trinajstić information content (AvgIpc) is 3.32. The highest BCUT2D eigenvalue weighted by atomic mass is 79.9. The van der Waals surface area contributed by atoms with Crippen LogP contribution in [0.5, 0.6) is 0 Å². The molecule has 0 unspecified atom stereocenters. The molecule has 0 aromatic heterocycles. The fraction of sp³-hybridized carbons (Fsp3) is 0.333. The van der Waals surface area contributed by atoms with Crippen LogP contribution in [-0.4, -0.2) is 14.4 Å². The summed E-state index contributed by atoms with van der Waals surface area (Å²) in [6, 6.07) is 8.73. The van der Waals surface area contributed by atoms with Crippen molar-refractivity contribution in [3.8, 4) is 0 Å². The van der Waals surface area contributed by atoms with Gasteiger partial charge in [-0.25, -0.2) is 12.8 Å². The smallest absolute Gasteiger partial charge is 0.233 e. The molecule has 29 heavy (non-hydrogen) atoms. The Kier molecular flexibility index (Phi) is 4.93. The summed E-state index contributed by atoms with van der Waals surface area (Å²) in [5, 5.41) is 0. The minimum Gasteiger partial charge on any atom is -0.233 e. The molecule has 0 bridgehead atoms. The molecule has 2 aromatic rings. The van der Waals surface area contributed by atoms with E-state index in [1.807, 2.05) is 0 Å². The standard InChI is InChI=1S/C21H17BrF4O2S/c22-19-6-3-14(9-18(19)21(24,25)26)17-11-20(7-8-20)10-16(17)13-1-4-15(5-2-13)29(27,28)12-23/h1-6,9H,7-8,10-12H2. The Labute approximate surface area is 174 Å². The van der Waals surface area contributed by atoms with Crippen LogP contribution in [0.4, 0.5) is 17.6 Å². The highest BCUT2D eigenvalue weighted by Gasteiger charge is 2.48. The van der Waals surface area contributed by atoms with E-state index in [4.69, 9.17) is 0 Å². The molecular formula is C21H17BrF4O2S. The molecule has 2 aliphatic carbocycles. The SMILES string of the molecule is O=S(=O)(CF)c1ccc(C2=C(c3ccc(Br)c(C(F)(F)F)c3)CC3(CC3)C2)cc1. The van der Waals surface area contributed by atoms with Crippen molar-refractivity contribution < 1.29 is 26.0 Å². The normalized spacial score (nSPS) is 18.5. The number of alkyl halides is 4. The molecule has 2 aromatic carbocycles. The molecule has 1 saturated carbocycles. The molecule has 0 heterocycles. The number of sulfone groups is 1. The van der Waals surface area contributed by atoms with Crippen LogP contribution in [0, 0.1) is 5.41 Å². The number of hydrogen-bond donors (Lipinski definition) is 0. The highest BCUT2D eigenvalue weighted by Crippen LogP contribution is 2.63. The van der Waals surface area contributed by atoms with Gasteiger partial charge in [-0.15, -0.1) is 0 Å². The fourth-order valence-corrected chi connectivity index (χ4v) is 5.11. The number of rotatable bonds is 4. The predicted molar refractivity (Wildman–Crippen MR) is 106 cm³/mol. The van der Waals surface area contributed by atoms with Crippen LogP contribution in [0.3, 0.4) is 0 Å². The van der Waals surface area contributed by atoms with Crippen LogP contribution in [0.2, 0.25) is 0 Å². The lowest BCUT2D eigenvalue weighted by atomic mass is 9.96. The van der Waals surface area contributed by atoms with Crippen LogP contribution in [0.25, 0.3) is 11.1 Å². The van der Waals surface area contributed by atoms with E-state index in [1.165, 1.54) is 24.3 Å². The van der Waals surface area contributed by atoms with E-state index in [1.54, 1.807) is 18.2 Å². The highest BCUT2D eigenvalue weighted by molar-refractivity contribution is 9.10. The number of halogens is 5. The van der Waals surface area contributed by atoms with E-state index in [9.17, 15) is 26.0 Å². The Balaban J connectivity index is 1.79. The van der Waals surface area contributed by atoms with Crippen LogP contribution in [-0.2, 0) is 16.0 Å². The van der Waals surface area contributed by atoms with E-state index in [-0.39, 0.29) is 14.8 Å². The maximum atomic E-state index is 13.4. The average molecular weight is 489 g/mol. The molecule has 1 spiro atoms. The summed E-state index contributed by atoms with van der Waals surface area (Å²) in [6.07, 6.45) is -0.970. The summed E-state index contributed by atoms with van der Waals surface area (Å²) < 4.78 is 76.2. The van der Waals surface area contributed by atoms with Crippen molar-refractivity contribution in [1.29, 1.82) is 0 Å². The molecule has 0 amide bonds. The van der Waals surface area contributed by atoms with Gasteiger partial charge >= 0.3 is 6.18 Å². The van der Waals surface area contributed by atoms with Gasteiger partial charge in [-0.1, -0.05) is 34.1 Å².